The third-order valence-electron chi connectivity index (χ3n) is 4.03. The maximum atomic E-state index is 5.61. The van der Waals surface area contributed by atoms with Crippen LogP contribution in [0.2, 0.25) is 0 Å². The number of hydrogen-bond donors (Lipinski definition) is 1. The maximum Gasteiger partial charge on any atom is 0.0443 e. The van der Waals surface area contributed by atoms with Crippen molar-refractivity contribution in [3.63, 3.8) is 0 Å². The Morgan fingerprint density at radius 3 is 2.60 bits per heavy atom. The first-order valence-electron chi connectivity index (χ1n) is 7.42. The van der Waals surface area contributed by atoms with Crippen molar-refractivity contribution in [3.8, 4) is 0 Å². The van der Waals surface area contributed by atoms with Gasteiger partial charge in [0.1, 0.15) is 0 Å². The fourth-order valence-corrected chi connectivity index (χ4v) is 3.05. The van der Waals surface area contributed by atoms with Gasteiger partial charge in [-0.1, -0.05) is 37.3 Å². The van der Waals surface area contributed by atoms with Crippen LogP contribution in [0, 0.1) is 5.92 Å². The van der Waals surface area contributed by atoms with Gasteiger partial charge in [-0.3, -0.25) is 0 Å². The molecule has 1 atom stereocenters. The Bertz CT molecular complexity index is 574. The van der Waals surface area contributed by atoms with Crippen molar-refractivity contribution >= 4 is 11.4 Å². The smallest absolute Gasteiger partial charge is 0.0443 e. The van der Waals surface area contributed by atoms with Crippen LogP contribution in [0.5, 0.6) is 0 Å². The molecule has 1 heterocycles. The van der Waals surface area contributed by atoms with Crippen LogP contribution in [0.25, 0.3) is 0 Å². The molecule has 1 aliphatic heterocycles. The van der Waals surface area contributed by atoms with Crippen molar-refractivity contribution in [2.45, 2.75) is 19.8 Å². The van der Waals surface area contributed by atoms with Crippen LogP contribution in [0.3, 0.4) is 0 Å². The van der Waals surface area contributed by atoms with Crippen LogP contribution in [-0.2, 0) is 12.8 Å². The van der Waals surface area contributed by atoms with Crippen LogP contribution in [0.15, 0.2) is 48.5 Å². The lowest BCUT2D eigenvalue weighted by atomic mass is 9.93. The van der Waals surface area contributed by atoms with Crippen LogP contribution in [0.4, 0.5) is 11.4 Å². The molecular formula is C18H22N2. The van der Waals surface area contributed by atoms with Crippen molar-refractivity contribution in [1.29, 1.82) is 0 Å². The SMILES string of the molecule is CC1Cc2ccccc2N(c2ccc(CCN)cc2)C1. The molecule has 0 amide bonds. The first-order chi connectivity index (χ1) is 9.78. The van der Waals surface area contributed by atoms with Gasteiger partial charge in [0, 0.05) is 17.9 Å². The number of hydrogen-bond acceptors (Lipinski definition) is 2. The molecule has 2 aromatic rings. The molecule has 0 radical (unpaired) electrons. The predicted octanol–water partition coefficient (Wildman–Crippen LogP) is 3.52. The van der Waals surface area contributed by atoms with E-state index in [9.17, 15) is 0 Å². The van der Waals surface area contributed by atoms with Crippen molar-refractivity contribution in [2.24, 2.45) is 11.7 Å². The van der Waals surface area contributed by atoms with E-state index in [1.54, 1.807) is 0 Å². The van der Waals surface area contributed by atoms with Crippen LogP contribution in [-0.4, -0.2) is 13.1 Å². The summed E-state index contributed by atoms with van der Waals surface area (Å²) in [7, 11) is 0. The molecule has 1 unspecified atom stereocenters. The molecule has 20 heavy (non-hydrogen) atoms. The Morgan fingerprint density at radius 2 is 1.85 bits per heavy atom. The summed E-state index contributed by atoms with van der Waals surface area (Å²) in [4.78, 5) is 2.44. The number of fused-ring (bicyclic) bond motifs is 1. The molecule has 0 bridgehead atoms. The molecule has 0 saturated carbocycles. The highest BCUT2D eigenvalue weighted by atomic mass is 15.1. The summed E-state index contributed by atoms with van der Waals surface area (Å²) in [5, 5.41) is 0. The van der Waals surface area contributed by atoms with Gasteiger partial charge in [-0.25, -0.2) is 0 Å². The second-order valence-corrected chi connectivity index (χ2v) is 5.75. The summed E-state index contributed by atoms with van der Waals surface area (Å²) in [6.07, 6.45) is 2.13. The summed E-state index contributed by atoms with van der Waals surface area (Å²) < 4.78 is 0. The van der Waals surface area contributed by atoms with E-state index in [0.717, 1.165) is 13.0 Å². The van der Waals surface area contributed by atoms with Crippen molar-refractivity contribution < 1.29 is 0 Å². The van der Waals surface area contributed by atoms with E-state index < -0.39 is 0 Å². The molecule has 2 nitrogen and oxygen atoms in total. The lowest BCUT2D eigenvalue weighted by Gasteiger charge is -2.35. The topological polar surface area (TPSA) is 29.3 Å². The molecule has 2 N–H and O–H groups in total. The minimum Gasteiger partial charge on any atom is -0.341 e. The average molecular weight is 266 g/mol. The van der Waals surface area contributed by atoms with Crippen LogP contribution < -0.4 is 10.6 Å². The molecule has 0 fully saturated rings. The Labute approximate surface area is 121 Å². The maximum absolute atomic E-state index is 5.61. The molecule has 104 valence electrons. The predicted molar refractivity (Wildman–Crippen MR) is 85.5 cm³/mol. The molecule has 0 spiro atoms. The van der Waals surface area contributed by atoms with E-state index in [2.05, 4.69) is 60.4 Å². The first-order valence-corrected chi connectivity index (χ1v) is 7.42. The first kappa shape index (κ1) is 13.2. The zero-order chi connectivity index (χ0) is 13.9. The largest absolute Gasteiger partial charge is 0.341 e. The fraction of sp³-hybridized carbons (Fsp3) is 0.333. The van der Waals surface area contributed by atoms with Gasteiger partial charge in [0.2, 0.25) is 0 Å². The molecule has 3 rings (SSSR count). The third-order valence-corrected chi connectivity index (χ3v) is 4.03. The van der Waals surface area contributed by atoms with E-state index >= 15 is 0 Å². The molecular weight excluding hydrogens is 244 g/mol. The zero-order valence-electron chi connectivity index (χ0n) is 12.0. The molecule has 2 aromatic carbocycles. The summed E-state index contributed by atoms with van der Waals surface area (Å²) in [6.45, 7) is 4.13. The van der Waals surface area contributed by atoms with Gasteiger partial charge in [-0.2, -0.15) is 0 Å². The lowest BCUT2D eigenvalue weighted by Crippen LogP contribution is -2.30. The van der Waals surface area contributed by atoms with Crippen molar-refractivity contribution in [3.05, 3.63) is 59.7 Å². The normalized spacial score (nSPS) is 17.9. The monoisotopic (exact) mass is 266 g/mol. The number of benzene rings is 2. The molecule has 0 saturated heterocycles. The number of para-hydroxylation sites is 1. The fourth-order valence-electron chi connectivity index (χ4n) is 3.05. The van der Waals surface area contributed by atoms with Gasteiger partial charge in [-0.15, -0.1) is 0 Å². The molecule has 0 aromatic heterocycles. The second-order valence-electron chi connectivity index (χ2n) is 5.75. The molecule has 0 aliphatic carbocycles. The minimum absolute atomic E-state index is 0.689. The Hall–Kier alpha value is -1.80. The number of nitrogens with two attached hydrogens (primary N) is 1. The number of anilines is 2. The van der Waals surface area contributed by atoms with Gasteiger partial charge in [0.05, 0.1) is 0 Å². The van der Waals surface area contributed by atoms with E-state index in [0.29, 0.717) is 12.5 Å². The molecule has 2 heteroatoms. The Kier molecular flexibility index (Phi) is 3.75. The van der Waals surface area contributed by atoms with E-state index in [1.165, 1.54) is 28.9 Å². The summed E-state index contributed by atoms with van der Waals surface area (Å²) in [5.41, 5.74) is 11.0. The van der Waals surface area contributed by atoms with Gasteiger partial charge in [0.25, 0.3) is 0 Å². The average Bonchev–Trinajstić information content (AvgIpc) is 2.47. The van der Waals surface area contributed by atoms with Crippen LogP contribution >= 0.6 is 0 Å². The molecule has 1 aliphatic rings. The standard InChI is InChI=1S/C18H22N2/c1-14-12-16-4-2-3-5-18(16)20(13-14)17-8-6-15(7-9-17)10-11-19/h2-9,14H,10-13,19H2,1H3. The lowest BCUT2D eigenvalue weighted by molar-refractivity contribution is 0.562. The highest BCUT2D eigenvalue weighted by Gasteiger charge is 2.22. The number of nitrogens with zero attached hydrogens (tertiary/aromatic N) is 1. The summed E-state index contributed by atoms with van der Waals surface area (Å²) in [6, 6.07) is 17.6. The zero-order valence-corrected chi connectivity index (χ0v) is 12.0. The Morgan fingerprint density at radius 1 is 1.10 bits per heavy atom. The van der Waals surface area contributed by atoms with Gasteiger partial charge < -0.3 is 10.6 Å². The second kappa shape index (κ2) is 5.68. The van der Waals surface area contributed by atoms with Crippen molar-refractivity contribution in [1.82, 2.24) is 0 Å². The van der Waals surface area contributed by atoms with Gasteiger partial charge in [-0.05, 0) is 54.6 Å². The summed E-state index contributed by atoms with van der Waals surface area (Å²) in [5.74, 6) is 0.689. The van der Waals surface area contributed by atoms with E-state index in [1.807, 2.05) is 0 Å². The minimum atomic E-state index is 0.689. The quantitative estimate of drug-likeness (QED) is 0.921. The third kappa shape index (κ3) is 2.56. The highest BCUT2D eigenvalue weighted by Crippen LogP contribution is 2.35. The van der Waals surface area contributed by atoms with Crippen molar-refractivity contribution in [2.75, 3.05) is 18.0 Å². The Balaban J connectivity index is 1.93. The van der Waals surface area contributed by atoms with Gasteiger partial charge >= 0.3 is 0 Å². The van der Waals surface area contributed by atoms with Gasteiger partial charge in [0.15, 0.2) is 0 Å². The summed E-state index contributed by atoms with van der Waals surface area (Å²) >= 11 is 0. The van der Waals surface area contributed by atoms with Crippen LogP contribution in [0.1, 0.15) is 18.1 Å². The highest BCUT2D eigenvalue weighted by molar-refractivity contribution is 5.68. The number of rotatable bonds is 3. The van der Waals surface area contributed by atoms with E-state index in [4.69, 9.17) is 5.73 Å². The van der Waals surface area contributed by atoms with E-state index in [-0.39, 0.29) is 0 Å².